The van der Waals surface area contributed by atoms with Gasteiger partial charge < -0.3 is 102 Å². The Morgan fingerprint density at radius 1 is 0.605 bits per heavy atom. The van der Waals surface area contributed by atoms with Gasteiger partial charge in [-0.2, -0.15) is 27.2 Å². The summed E-state index contributed by atoms with van der Waals surface area (Å²) in [7, 11) is -34.0. The topological polar surface area (TPSA) is 686 Å². The fourth-order valence-electron chi connectivity index (χ4n) is 6.32. The van der Waals surface area contributed by atoms with Crippen LogP contribution < -0.4 is 44.7 Å². The summed E-state index contributed by atoms with van der Waals surface area (Å²) in [5.74, 6) is -0.625. The minimum atomic E-state index is -5.81. The zero-order chi connectivity index (χ0) is 56.9. The molecule has 12 atom stereocenters. The Balaban J connectivity index is 0.000000281. The molecule has 6 heterocycles. The van der Waals surface area contributed by atoms with E-state index in [2.05, 4.69) is 66.8 Å². The van der Waals surface area contributed by atoms with Crippen LogP contribution in [0.1, 0.15) is 12.5 Å². The van der Waals surface area contributed by atoms with Crippen molar-refractivity contribution < 1.29 is 132 Å². The minimum absolute atomic E-state index is 0.00981. The molecule has 0 aliphatic carbocycles. The number of phosphoric ester groups is 2. The minimum Gasteiger partial charge on any atom is -0.440 e. The maximum Gasteiger partial charge on any atom is 0.490 e. The van der Waals surface area contributed by atoms with Crippen molar-refractivity contribution in [3.63, 3.8) is 0 Å². The number of nitrogens with zero attached hydrogens (tertiary/aromatic N) is 6. The smallest absolute Gasteiger partial charge is 0.440 e. The summed E-state index contributed by atoms with van der Waals surface area (Å²) in [5.41, 5.74) is 19.5. The first kappa shape index (κ1) is 62.3. The molecular formula is C26H44N14O30P6. The van der Waals surface area contributed by atoms with Crippen molar-refractivity contribution >= 4 is 93.3 Å². The number of hydrogen-bond acceptors (Lipinski definition) is 30. The number of nitrogens with one attached hydrogen (secondary N) is 4. The van der Waals surface area contributed by atoms with E-state index in [4.69, 9.17) is 61.5 Å². The number of nitrogens with two attached hydrogens (primary N) is 4. The summed E-state index contributed by atoms with van der Waals surface area (Å²) in [6, 6.07) is 0. The number of H-pyrrole nitrogens is 2. The van der Waals surface area contributed by atoms with Gasteiger partial charge in [-0.15, -0.1) is 0 Å². The van der Waals surface area contributed by atoms with Gasteiger partial charge in [-0.1, -0.05) is 0 Å². The van der Waals surface area contributed by atoms with Gasteiger partial charge in [0.15, 0.2) is 47.0 Å². The van der Waals surface area contributed by atoms with Gasteiger partial charge in [0.05, 0.1) is 25.9 Å². The van der Waals surface area contributed by atoms with Crippen LogP contribution in [0.25, 0.3) is 22.3 Å². The monoisotopic (exact) mass is 1220 g/mol. The van der Waals surface area contributed by atoms with Crippen molar-refractivity contribution in [3.05, 3.63) is 33.4 Å². The number of aliphatic hydroxyl groups excluding tert-OH is 2. The molecule has 2 aliphatic rings. The third-order valence-corrected chi connectivity index (χ3v) is 16.6. The Labute approximate surface area is 418 Å². The third-order valence-electron chi connectivity index (χ3n) is 9.02. The lowest BCUT2D eigenvalue weighted by Crippen LogP contribution is -2.42. The first-order chi connectivity index (χ1) is 35.0. The Morgan fingerprint density at radius 3 is 1.42 bits per heavy atom. The van der Waals surface area contributed by atoms with Crippen molar-refractivity contribution in [3.8, 4) is 0 Å². The molecule has 0 radical (unpaired) electrons. The fraction of sp³-hybridized carbons (Fsp3) is 0.538. The quantitative estimate of drug-likeness (QED) is 0.0327. The van der Waals surface area contributed by atoms with Crippen LogP contribution in [-0.4, -0.2) is 177 Å². The molecule has 0 spiro atoms. The van der Waals surface area contributed by atoms with E-state index in [1.165, 1.54) is 0 Å². The van der Waals surface area contributed by atoms with Crippen LogP contribution in [0.5, 0.6) is 0 Å². The molecule has 4 aromatic heterocycles. The molecule has 4 aromatic rings. The highest BCUT2D eigenvalue weighted by Gasteiger charge is 2.51. The lowest BCUT2D eigenvalue weighted by atomic mass is 10.1. The Morgan fingerprint density at radius 2 is 1.00 bits per heavy atom. The van der Waals surface area contributed by atoms with Crippen molar-refractivity contribution in [1.82, 2.24) is 49.7 Å². The summed E-state index contributed by atoms with van der Waals surface area (Å²) in [4.78, 5) is 141. The highest BCUT2D eigenvalue weighted by molar-refractivity contribution is 7.67. The largest absolute Gasteiger partial charge is 0.490 e. The summed E-state index contributed by atoms with van der Waals surface area (Å²) in [5, 5.41) is 26.1. The number of amides is 2. The summed E-state index contributed by atoms with van der Waals surface area (Å²) >= 11 is 0. The summed E-state index contributed by atoms with van der Waals surface area (Å²) in [6.07, 6.45) is -13.1. The number of ether oxygens (including phenoxy) is 4. The zero-order valence-electron chi connectivity index (χ0n) is 37.3. The van der Waals surface area contributed by atoms with E-state index in [1.807, 2.05) is 0 Å². The molecule has 0 saturated carbocycles. The van der Waals surface area contributed by atoms with Crippen molar-refractivity contribution in [2.75, 3.05) is 50.9 Å². The number of rotatable bonds is 22. The average Bonchev–Trinajstić information content (AvgIpc) is 4.02. The number of fused-ring (bicyclic) bond motifs is 2. The van der Waals surface area contributed by atoms with E-state index >= 15 is 0 Å². The molecule has 4 unspecified atom stereocenters. The van der Waals surface area contributed by atoms with Crippen molar-refractivity contribution in [2.45, 2.75) is 49.1 Å². The number of phosphoric acid groups is 6. The normalized spacial score (nSPS) is 25.1. The highest BCUT2D eigenvalue weighted by Crippen LogP contribution is 2.67. The lowest BCUT2D eigenvalue weighted by Gasteiger charge is -2.22. The van der Waals surface area contributed by atoms with Gasteiger partial charge in [0, 0.05) is 26.2 Å². The molecule has 2 amide bonds. The maximum atomic E-state index is 12.1. The van der Waals surface area contributed by atoms with Gasteiger partial charge in [-0.3, -0.25) is 37.7 Å². The fourth-order valence-corrected chi connectivity index (χ4v) is 12.4. The zero-order valence-corrected chi connectivity index (χ0v) is 42.7. The Kier molecular flexibility index (Phi) is 20.2. The van der Waals surface area contributed by atoms with Gasteiger partial charge in [0.1, 0.15) is 24.4 Å². The van der Waals surface area contributed by atoms with Crippen LogP contribution in [0.15, 0.2) is 22.2 Å². The molecule has 2 saturated heterocycles. The number of aromatic nitrogens is 8. The van der Waals surface area contributed by atoms with Crippen LogP contribution in [0, 0.1) is 0 Å². The molecule has 44 nitrogen and oxygen atoms in total. The third kappa shape index (κ3) is 17.2. The molecule has 22 N–H and O–H groups in total. The number of carbonyl (C=O) groups is 2. The number of hydrogen-bond donors (Lipinski definition) is 18. The van der Waals surface area contributed by atoms with E-state index in [0.29, 0.717) is 0 Å². The second-order valence-corrected chi connectivity index (χ2v) is 23.4. The van der Waals surface area contributed by atoms with Crippen LogP contribution >= 0.6 is 46.9 Å². The molecule has 0 bridgehead atoms. The Hall–Kier alpha value is -4.58. The first-order valence-corrected chi connectivity index (χ1v) is 29.1. The van der Waals surface area contributed by atoms with Crippen LogP contribution in [0.2, 0.25) is 0 Å². The van der Waals surface area contributed by atoms with E-state index in [1.54, 1.807) is 0 Å². The lowest BCUT2D eigenvalue weighted by molar-refractivity contribution is -0.0522. The van der Waals surface area contributed by atoms with Crippen molar-refractivity contribution in [1.29, 1.82) is 0 Å². The number of carbonyl (C=O) groups excluding carboxylic acids is 2. The summed E-state index contributed by atoms with van der Waals surface area (Å²) < 4.78 is 116. The van der Waals surface area contributed by atoms with Crippen LogP contribution in [0.3, 0.4) is 0 Å². The maximum absolute atomic E-state index is 12.1. The average molecular weight is 1220 g/mol. The SMILES string of the molecule is NCCNC(=O)O[C@@H]1[C@H](O)[C@@H](COP(=O)(O)OP(=O)(O)OP(=O)(O)O)O[C@H]1n1cnc2c(=O)[nH]c(N)nc21.NCCNC(=O)O[C@H]1[C@@H](O)[C@H](n2cnc3c(=O)[nH]c(N)nc32)O[C@@H]1COP(=O)(O)OP(=O)(O)OP(=O)(O)O. The predicted molar refractivity (Wildman–Crippen MR) is 239 cm³/mol. The van der Waals surface area contributed by atoms with Gasteiger partial charge in [-0.05, 0) is 0 Å². The number of imidazole rings is 2. The number of aromatic amines is 2. The molecule has 2 aliphatic heterocycles. The van der Waals surface area contributed by atoms with Gasteiger partial charge >= 0.3 is 59.1 Å². The molecule has 76 heavy (non-hydrogen) atoms. The second kappa shape index (κ2) is 24.6. The van der Waals surface area contributed by atoms with Gasteiger partial charge in [0.2, 0.25) is 11.9 Å². The van der Waals surface area contributed by atoms with Crippen LogP contribution in [-0.2, 0) is 72.6 Å². The predicted octanol–water partition coefficient (Wildman–Crippen LogP) is -5.29. The molecule has 2 fully saturated rings. The van der Waals surface area contributed by atoms with Gasteiger partial charge in [-0.25, -0.2) is 46.9 Å². The molecule has 0 aromatic carbocycles. The first-order valence-electron chi connectivity index (χ1n) is 20.0. The number of nitrogen functional groups attached to an aromatic ring is 2. The number of anilines is 2. The van der Waals surface area contributed by atoms with Crippen LogP contribution in [0.4, 0.5) is 21.5 Å². The molecule has 428 valence electrons. The number of alkyl carbamates (subject to hydrolysis) is 2. The standard InChI is InChI=1S/2C13H22N7O15P3/c14-1-2-16-13(23)33-8-5(3-31-37(27,28)35-38(29,30)34-36(24,25)26)32-11(7(8)21)20-4-17-6-9(20)18-12(15)19-10(6)22;14-1-2-16-13(23)33-8-7(21)5(3-31-37(27,28)35-38(29,30)34-36(24,25)26)32-11(8)20-4-17-6-9(20)18-12(15)19-10(6)22/h2*4-5,7-8,11,21H,1-3,14H2,(H,16,23)(H,27,28)(H,29,30)(H2,24,25,26)(H3,15,18,19,22)/t2*5-,7-,8-,11-/m11/s1. The van der Waals surface area contributed by atoms with E-state index in [0.717, 1.165) is 21.8 Å². The number of aliphatic hydroxyl groups is 2. The molecular weight excluding hydrogens is 1170 g/mol. The molecule has 6 rings (SSSR count). The molecule has 50 heteroatoms. The summed E-state index contributed by atoms with van der Waals surface area (Å²) in [6.45, 7) is -2.12. The van der Waals surface area contributed by atoms with E-state index in [-0.39, 0.29) is 60.4 Å². The highest BCUT2D eigenvalue weighted by atomic mass is 31.3. The van der Waals surface area contributed by atoms with Crippen molar-refractivity contribution in [2.24, 2.45) is 11.5 Å². The van der Waals surface area contributed by atoms with E-state index < -0.39 is 133 Å². The van der Waals surface area contributed by atoms with E-state index in [9.17, 15) is 76.4 Å². The Bertz CT molecular complexity index is 3160. The second-order valence-electron chi connectivity index (χ2n) is 14.6. The van der Waals surface area contributed by atoms with Gasteiger partial charge in [0.25, 0.3) is 11.1 Å².